The number of benzene rings is 3. The molecule has 1 N–H and O–H groups in total. The SMILES string of the molecule is CN(C)C(=O)c1ccc(NC(=O)CN(Cc2ccc(C#N)cc2)Cc2cccc(F)c2)cc1. The lowest BCUT2D eigenvalue weighted by Crippen LogP contribution is -2.32. The number of carbonyl (C=O) groups excluding carboxylic acids is 2. The van der Waals surface area contributed by atoms with E-state index >= 15 is 0 Å². The zero-order valence-electron chi connectivity index (χ0n) is 18.6. The largest absolute Gasteiger partial charge is 0.345 e. The lowest BCUT2D eigenvalue weighted by Gasteiger charge is -2.22. The first-order valence-corrected chi connectivity index (χ1v) is 10.4. The van der Waals surface area contributed by atoms with E-state index < -0.39 is 0 Å². The first-order valence-electron chi connectivity index (χ1n) is 10.4. The number of nitrogens with zero attached hydrogens (tertiary/aromatic N) is 3. The van der Waals surface area contributed by atoms with Gasteiger partial charge in [-0.3, -0.25) is 14.5 Å². The van der Waals surface area contributed by atoms with E-state index in [2.05, 4.69) is 11.4 Å². The van der Waals surface area contributed by atoms with Gasteiger partial charge in [0, 0.05) is 38.4 Å². The van der Waals surface area contributed by atoms with Gasteiger partial charge in [0.2, 0.25) is 5.91 Å². The molecule has 33 heavy (non-hydrogen) atoms. The molecule has 0 radical (unpaired) electrons. The Hall–Kier alpha value is -4.02. The molecule has 0 unspecified atom stereocenters. The number of anilines is 1. The van der Waals surface area contributed by atoms with Gasteiger partial charge in [0.25, 0.3) is 5.91 Å². The number of amides is 2. The van der Waals surface area contributed by atoms with E-state index in [1.807, 2.05) is 23.1 Å². The van der Waals surface area contributed by atoms with Crippen molar-refractivity contribution in [2.24, 2.45) is 0 Å². The van der Waals surface area contributed by atoms with Gasteiger partial charge in [-0.1, -0.05) is 24.3 Å². The van der Waals surface area contributed by atoms with E-state index in [-0.39, 0.29) is 24.2 Å². The van der Waals surface area contributed by atoms with E-state index in [9.17, 15) is 14.0 Å². The average Bonchev–Trinajstić information content (AvgIpc) is 2.79. The molecule has 0 atom stereocenters. The molecule has 0 aliphatic carbocycles. The minimum Gasteiger partial charge on any atom is -0.345 e. The second-order valence-electron chi connectivity index (χ2n) is 7.91. The highest BCUT2D eigenvalue weighted by molar-refractivity contribution is 5.96. The van der Waals surface area contributed by atoms with Crippen LogP contribution in [0, 0.1) is 17.1 Å². The highest BCUT2D eigenvalue weighted by atomic mass is 19.1. The third-order valence-corrected chi connectivity index (χ3v) is 4.97. The first kappa shape index (κ1) is 23.6. The third-order valence-electron chi connectivity index (χ3n) is 4.97. The predicted molar refractivity (Wildman–Crippen MR) is 125 cm³/mol. The van der Waals surface area contributed by atoms with Crippen LogP contribution >= 0.6 is 0 Å². The number of halogens is 1. The maximum Gasteiger partial charge on any atom is 0.253 e. The molecule has 3 rings (SSSR count). The van der Waals surface area contributed by atoms with Gasteiger partial charge in [0.05, 0.1) is 18.2 Å². The Kier molecular flexibility index (Phi) is 7.90. The second kappa shape index (κ2) is 11.0. The van der Waals surface area contributed by atoms with Crippen LogP contribution in [0.25, 0.3) is 0 Å². The van der Waals surface area contributed by atoms with Crippen molar-refractivity contribution in [2.45, 2.75) is 13.1 Å². The molecule has 3 aromatic rings. The third kappa shape index (κ3) is 6.99. The van der Waals surface area contributed by atoms with Crippen molar-refractivity contribution in [3.8, 4) is 6.07 Å². The molecule has 0 saturated heterocycles. The summed E-state index contributed by atoms with van der Waals surface area (Å²) in [6.45, 7) is 0.905. The predicted octanol–water partition coefficient (Wildman–Crippen LogP) is 4.04. The van der Waals surface area contributed by atoms with Crippen molar-refractivity contribution in [1.29, 1.82) is 5.26 Å². The monoisotopic (exact) mass is 444 g/mol. The summed E-state index contributed by atoms with van der Waals surface area (Å²) in [4.78, 5) is 28.2. The van der Waals surface area contributed by atoms with Crippen molar-refractivity contribution in [3.63, 3.8) is 0 Å². The van der Waals surface area contributed by atoms with E-state index in [1.165, 1.54) is 17.0 Å². The maximum absolute atomic E-state index is 13.7. The van der Waals surface area contributed by atoms with Gasteiger partial charge in [-0.2, -0.15) is 5.26 Å². The van der Waals surface area contributed by atoms with E-state index in [0.29, 0.717) is 29.9 Å². The summed E-state index contributed by atoms with van der Waals surface area (Å²) >= 11 is 0. The number of hydrogen-bond donors (Lipinski definition) is 1. The molecule has 0 aromatic heterocycles. The minimum atomic E-state index is -0.331. The Balaban J connectivity index is 1.70. The Morgan fingerprint density at radius 2 is 1.61 bits per heavy atom. The van der Waals surface area contributed by atoms with Crippen molar-refractivity contribution >= 4 is 17.5 Å². The Morgan fingerprint density at radius 1 is 0.939 bits per heavy atom. The van der Waals surface area contributed by atoms with E-state index in [4.69, 9.17) is 5.26 Å². The highest BCUT2D eigenvalue weighted by Gasteiger charge is 2.14. The Bertz CT molecular complexity index is 1150. The number of nitriles is 1. The lowest BCUT2D eigenvalue weighted by atomic mass is 10.1. The summed E-state index contributed by atoms with van der Waals surface area (Å²) in [6, 6.07) is 22.2. The molecule has 3 aromatic carbocycles. The summed E-state index contributed by atoms with van der Waals surface area (Å²) in [6.07, 6.45) is 0. The molecule has 7 heteroatoms. The molecular formula is C26H25FN4O2. The molecule has 0 aliphatic heterocycles. The molecule has 168 valence electrons. The van der Waals surface area contributed by atoms with Crippen molar-refractivity contribution in [1.82, 2.24) is 9.80 Å². The normalized spacial score (nSPS) is 10.5. The van der Waals surface area contributed by atoms with Crippen molar-refractivity contribution in [3.05, 3.63) is 101 Å². The molecule has 2 amide bonds. The summed E-state index contributed by atoms with van der Waals surface area (Å²) in [5.74, 6) is -0.675. The van der Waals surface area contributed by atoms with Crippen molar-refractivity contribution in [2.75, 3.05) is 26.0 Å². The topological polar surface area (TPSA) is 76.4 Å². The fraction of sp³-hybridized carbons (Fsp3) is 0.192. The van der Waals surface area contributed by atoms with Gasteiger partial charge in [-0.15, -0.1) is 0 Å². The van der Waals surface area contributed by atoms with E-state index in [0.717, 1.165) is 11.1 Å². The quantitative estimate of drug-likeness (QED) is 0.569. The van der Waals surface area contributed by atoms with Gasteiger partial charge in [0.1, 0.15) is 5.82 Å². The highest BCUT2D eigenvalue weighted by Crippen LogP contribution is 2.14. The summed E-state index contributed by atoms with van der Waals surface area (Å²) in [5, 5.41) is 11.8. The second-order valence-corrected chi connectivity index (χ2v) is 7.91. The zero-order valence-corrected chi connectivity index (χ0v) is 18.6. The molecule has 0 bridgehead atoms. The van der Waals surface area contributed by atoms with E-state index in [1.54, 1.807) is 56.6 Å². The minimum absolute atomic E-state index is 0.0783. The molecule has 6 nitrogen and oxygen atoms in total. The summed E-state index contributed by atoms with van der Waals surface area (Å²) in [5.41, 5.74) is 3.36. The number of nitrogens with one attached hydrogen (secondary N) is 1. The van der Waals surface area contributed by atoms with Crippen LogP contribution in [-0.2, 0) is 17.9 Å². The molecule has 0 aliphatic rings. The van der Waals surface area contributed by atoms with Crippen molar-refractivity contribution < 1.29 is 14.0 Å². The van der Waals surface area contributed by atoms with Gasteiger partial charge in [-0.25, -0.2) is 4.39 Å². The van der Waals surface area contributed by atoms with Gasteiger partial charge < -0.3 is 10.2 Å². The lowest BCUT2D eigenvalue weighted by molar-refractivity contribution is -0.117. The van der Waals surface area contributed by atoms with Gasteiger partial charge in [-0.05, 0) is 59.7 Å². The van der Waals surface area contributed by atoms with Crippen LogP contribution in [0.3, 0.4) is 0 Å². The van der Waals surface area contributed by atoms with Crippen LogP contribution in [0.2, 0.25) is 0 Å². The standard InChI is InChI=1S/C26H25FN4O2/c1-30(2)26(33)22-10-12-24(13-11-22)29-25(32)18-31(17-21-4-3-5-23(27)14-21)16-20-8-6-19(15-28)7-9-20/h3-14H,16-18H2,1-2H3,(H,29,32). The number of hydrogen-bond acceptors (Lipinski definition) is 4. The fourth-order valence-corrected chi connectivity index (χ4v) is 3.36. The van der Waals surface area contributed by atoms with Crippen LogP contribution in [0.1, 0.15) is 27.0 Å². The first-order chi connectivity index (χ1) is 15.8. The summed E-state index contributed by atoms with van der Waals surface area (Å²) in [7, 11) is 3.36. The van der Waals surface area contributed by atoms with Gasteiger partial charge >= 0.3 is 0 Å². The number of rotatable bonds is 8. The smallest absolute Gasteiger partial charge is 0.253 e. The van der Waals surface area contributed by atoms with Crippen LogP contribution in [0.4, 0.5) is 10.1 Å². The molecular weight excluding hydrogens is 419 g/mol. The molecule has 0 spiro atoms. The molecule has 0 fully saturated rings. The Labute approximate surface area is 192 Å². The maximum atomic E-state index is 13.7. The molecule has 0 saturated carbocycles. The van der Waals surface area contributed by atoms with Crippen LogP contribution in [0.15, 0.2) is 72.8 Å². The number of carbonyl (C=O) groups is 2. The molecule has 0 heterocycles. The van der Waals surface area contributed by atoms with Crippen LogP contribution < -0.4 is 5.32 Å². The average molecular weight is 445 g/mol. The van der Waals surface area contributed by atoms with Crippen LogP contribution in [0.5, 0.6) is 0 Å². The Morgan fingerprint density at radius 3 is 2.21 bits per heavy atom. The zero-order chi connectivity index (χ0) is 23.8. The van der Waals surface area contributed by atoms with Crippen LogP contribution in [-0.4, -0.2) is 42.3 Å². The fourth-order valence-electron chi connectivity index (χ4n) is 3.36. The summed E-state index contributed by atoms with van der Waals surface area (Å²) < 4.78 is 13.7. The van der Waals surface area contributed by atoms with Gasteiger partial charge in [0.15, 0.2) is 0 Å².